The molecule has 0 spiro atoms. The molecule has 1 aromatic heterocycles. The van der Waals surface area contributed by atoms with Gasteiger partial charge in [-0.05, 0) is 61.9 Å². The Hall–Kier alpha value is -3.00. The summed E-state index contributed by atoms with van der Waals surface area (Å²) in [7, 11) is 0. The molecule has 146 valence electrons. The maximum Gasteiger partial charge on any atom is 0.341 e. The van der Waals surface area contributed by atoms with Gasteiger partial charge in [0.05, 0.1) is 17.1 Å². The van der Waals surface area contributed by atoms with Crippen molar-refractivity contribution in [3.8, 4) is 0 Å². The quantitative estimate of drug-likeness (QED) is 0.336. The molecule has 1 heterocycles. The van der Waals surface area contributed by atoms with Crippen LogP contribution in [0, 0.1) is 10.1 Å². The molecular weight excluding hydrogens is 380 g/mol. The average Bonchev–Trinajstić information content (AvgIpc) is 3.04. The van der Waals surface area contributed by atoms with E-state index < -0.39 is 10.9 Å². The highest BCUT2D eigenvalue weighted by Crippen LogP contribution is 2.38. The van der Waals surface area contributed by atoms with Crippen LogP contribution in [0.4, 0.5) is 10.7 Å². The third-order valence-corrected chi connectivity index (χ3v) is 5.63. The Labute approximate surface area is 166 Å². The Kier molecular flexibility index (Phi) is 6.20. The molecule has 0 atom stereocenters. The fourth-order valence-corrected chi connectivity index (χ4v) is 4.39. The lowest BCUT2D eigenvalue weighted by molar-refractivity contribution is -0.384. The molecule has 1 N–H and O–H groups in total. The summed E-state index contributed by atoms with van der Waals surface area (Å²) in [5.41, 5.74) is 2.12. The van der Waals surface area contributed by atoms with Crippen molar-refractivity contribution >= 4 is 40.0 Å². The summed E-state index contributed by atoms with van der Waals surface area (Å²) in [4.78, 5) is 36.1. The van der Waals surface area contributed by atoms with E-state index in [9.17, 15) is 19.7 Å². The van der Waals surface area contributed by atoms with Crippen LogP contribution >= 0.6 is 11.3 Å². The molecule has 0 fully saturated rings. The van der Waals surface area contributed by atoms with E-state index in [1.165, 1.54) is 29.5 Å². The number of ether oxygens (including phenoxy) is 1. The SMILES string of the molecule is CCOC(=O)c1c(NC(=O)/C=C/c2ccc([N+](=O)[O-])cc2)sc2c1CCCC2. The Morgan fingerprint density at radius 3 is 2.64 bits per heavy atom. The van der Waals surface area contributed by atoms with E-state index in [2.05, 4.69) is 5.32 Å². The maximum atomic E-state index is 12.4. The van der Waals surface area contributed by atoms with Crippen LogP contribution in [0.15, 0.2) is 30.3 Å². The highest BCUT2D eigenvalue weighted by Gasteiger charge is 2.26. The fraction of sp³-hybridized carbons (Fsp3) is 0.300. The largest absolute Gasteiger partial charge is 0.462 e. The van der Waals surface area contributed by atoms with Gasteiger partial charge in [-0.3, -0.25) is 14.9 Å². The Morgan fingerprint density at radius 2 is 1.96 bits per heavy atom. The monoisotopic (exact) mass is 400 g/mol. The second-order valence-electron chi connectivity index (χ2n) is 6.31. The lowest BCUT2D eigenvalue weighted by Gasteiger charge is -2.12. The van der Waals surface area contributed by atoms with E-state index in [1.807, 2.05) is 0 Å². The number of aryl methyl sites for hydroxylation is 1. The number of esters is 1. The average molecular weight is 400 g/mol. The number of anilines is 1. The summed E-state index contributed by atoms with van der Waals surface area (Å²) < 4.78 is 5.18. The van der Waals surface area contributed by atoms with E-state index in [-0.39, 0.29) is 18.2 Å². The van der Waals surface area contributed by atoms with Crippen molar-refractivity contribution in [1.29, 1.82) is 0 Å². The van der Waals surface area contributed by atoms with Gasteiger partial charge in [-0.1, -0.05) is 0 Å². The van der Waals surface area contributed by atoms with Gasteiger partial charge in [-0.2, -0.15) is 0 Å². The summed E-state index contributed by atoms with van der Waals surface area (Å²) in [5.74, 6) is -0.779. The van der Waals surface area contributed by atoms with Crippen molar-refractivity contribution in [2.45, 2.75) is 32.6 Å². The minimum atomic E-state index is -0.477. The summed E-state index contributed by atoms with van der Waals surface area (Å²) in [6.45, 7) is 2.03. The van der Waals surface area contributed by atoms with Crippen LogP contribution in [0.1, 0.15) is 46.1 Å². The first-order valence-corrected chi connectivity index (χ1v) is 9.86. The zero-order valence-corrected chi connectivity index (χ0v) is 16.2. The van der Waals surface area contributed by atoms with Gasteiger partial charge in [-0.15, -0.1) is 11.3 Å². The zero-order chi connectivity index (χ0) is 20.1. The minimum absolute atomic E-state index is 0.00940. The van der Waals surface area contributed by atoms with Crippen molar-refractivity contribution in [3.05, 3.63) is 62.0 Å². The first kappa shape index (κ1) is 19.8. The molecule has 1 aromatic carbocycles. The molecular formula is C20H20N2O5S. The highest BCUT2D eigenvalue weighted by molar-refractivity contribution is 7.17. The van der Waals surface area contributed by atoms with E-state index >= 15 is 0 Å². The van der Waals surface area contributed by atoms with Crippen LogP contribution in [-0.2, 0) is 22.4 Å². The third kappa shape index (κ3) is 4.45. The van der Waals surface area contributed by atoms with Crippen molar-refractivity contribution in [2.75, 3.05) is 11.9 Å². The number of amides is 1. The first-order valence-electron chi connectivity index (χ1n) is 9.04. The van der Waals surface area contributed by atoms with Crippen LogP contribution in [0.2, 0.25) is 0 Å². The molecule has 0 unspecified atom stereocenters. The number of carbonyl (C=O) groups excluding carboxylic acids is 2. The molecule has 0 aliphatic heterocycles. The zero-order valence-electron chi connectivity index (χ0n) is 15.4. The van der Waals surface area contributed by atoms with Gasteiger partial charge in [0, 0.05) is 23.1 Å². The molecule has 28 heavy (non-hydrogen) atoms. The number of nitrogens with one attached hydrogen (secondary N) is 1. The standard InChI is InChI=1S/C20H20N2O5S/c1-2-27-20(24)18-15-5-3-4-6-16(15)28-19(18)21-17(23)12-9-13-7-10-14(11-8-13)22(25)26/h7-12H,2-6H2,1H3,(H,21,23)/b12-9+. The molecule has 2 aromatic rings. The van der Waals surface area contributed by atoms with Gasteiger partial charge in [0.2, 0.25) is 5.91 Å². The van der Waals surface area contributed by atoms with Gasteiger partial charge in [0.15, 0.2) is 0 Å². The number of nitro benzene ring substituents is 1. The number of thiophene rings is 1. The van der Waals surface area contributed by atoms with Crippen LogP contribution in [0.3, 0.4) is 0 Å². The summed E-state index contributed by atoms with van der Waals surface area (Å²) >= 11 is 1.43. The lowest BCUT2D eigenvalue weighted by atomic mass is 9.95. The van der Waals surface area contributed by atoms with Crippen LogP contribution in [0.5, 0.6) is 0 Å². The van der Waals surface area contributed by atoms with E-state index in [0.717, 1.165) is 36.1 Å². The number of nitro groups is 1. The van der Waals surface area contributed by atoms with Crippen molar-refractivity contribution in [2.24, 2.45) is 0 Å². The molecule has 3 rings (SSSR count). The van der Waals surface area contributed by atoms with Gasteiger partial charge in [0.25, 0.3) is 5.69 Å². The lowest BCUT2D eigenvalue weighted by Crippen LogP contribution is -2.14. The summed E-state index contributed by atoms with van der Waals surface area (Å²) in [5, 5.41) is 14.0. The fourth-order valence-electron chi connectivity index (χ4n) is 3.11. The number of fused-ring (bicyclic) bond motifs is 1. The number of carbonyl (C=O) groups is 2. The Bertz CT molecular complexity index is 931. The highest BCUT2D eigenvalue weighted by atomic mass is 32.1. The molecule has 1 amide bonds. The van der Waals surface area contributed by atoms with Crippen LogP contribution in [-0.4, -0.2) is 23.4 Å². The predicted octanol–water partition coefficient (Wildman–Crippen LogP) is 4.36. The molecule has 0 saturated heterocycles. The number of hydrogen-bond donors (Lipinski definition) is 1. The van der Waals surface area contributed by atoms with Gasteiger partial charge in [0.1, 0.15) is 5.00 Å². The number of rotatable bonds is 6. The van der Waals surface area contributed by atoms with E-state index in [0.29, 0.717) is 16.1 Å². The Morgan fingerprint density at radius 1 is 1.25 bits per heavy atom. The molecule has 7 nitrogen and oxygen atoms in total. The maximum absolute atomic E-state index is 12.4. The normalized spacial score (nSPS) is 13.2. The third-order valence-electron chi connectivity index (χ3n) is 4.42. The second-order valence-corrected chi connectivity index (χ2v) is 7.41. The number of nitrogens with zero attached hydrogens (tertiary/aromatic N) is 1. The van der Waals surface area contributed by atoms with Crippen molar-refractivity contribution < 1.29 is 19.2 Å². The van der Waals surface area contributed by atoms with Crippen LogP contribution in [0.25, 0.3) is 6.08 Å². The Balaban J connectivity index is 1.77. The van der Waals surface area contributed by atoms with Crippen molar-refractivity contribution in [1.82, 2.24) is 0 Å². The van der Waals surface area contributed by atoms with E-state index in [1.54, 1.807) is 25.1 Å². The molecule has 8 heteroatoms. The smallest absolute Gasteiger partial charge is 0.341 e. The number of benzene rings is 1. The molecule has 0 saturated carbocycles. The predicted molar refractivity (Wildman–Crippen MR) is 108 cm³/mol. The summed E-state index contributed by atoms with van der Waals surface area (Å²) in [6.07, 6.45) is 6.72. The number of hydrogen-bond acceptors (Lipinski definition) is 6. The molecule has 1 aliphatic rings. The first-order chi connectivity index (χ1) is 13.5. The van der Waals surface area contributed by atoms with Crippen LogP contribution < -0.4 is 5.32 Å². The van der Waals surface area contributed by atoms with Crippen molar-refractivity contribution in [3.63, 3.8) is 0 Å². The molecule has 0 radical (unpaired) electrons. The molecule has 1 aliphatic carbocycles. The van der Waals surface area contributed by atoms with Gasteiger partial charge in [-0.25, -0.2) is 4.79 Å². The minimum Gasteiger partial charge on any atom is -0.462 e. The number of non-ortho nitro benzene ring substituents is 1. The topological polar surface area (TPSA) is 98.5 Å². The van der Waals surface area contributed by atoms with Gasteiger partial charge >= 0.3 is 5.97 Å². The van der Waals surface area contributed by atoms with E-state index in [4.69, 9.17) is 4.74 Å². The second kappa shape index (κ2) is 8.79. The van der Waals surface area contributed by atoms with Gasteiger partial charge < -0.3 is 10.1 Å². The summed E-state index contributed by atoms with van der Waals surface area (Å²) in [6, 6.07) is 5.89. The molecule has 0 bridgehead atoms.